The first-order valence-corrected chi connectivity index (χ1v) is 17.1. The van der Waals surface area contributed by atoms with Crippen molar-refractivity contribution in [1.29, 1.82) is 0 Å². The van der Waals surface area contributed by atoms with Gasteiger partial charge in [0, 0.05) is 6.42 Å². The zero-order chi connectivity index (χ0) is 31.3. The lowest BCUT2D eigenvalue weighted by atomic mass is 9.47. The smallest absolute Gasteiger partial charge is 0.311 e. The van der Waals surface area contributed by atoms with Crippen molar-refractivity contribution in [2.24, 2.45) is 57.2 Å². The van der Waals surface area contributed by atoms with Gasteiger partial charge in [0.05, 0.1) is 23.5 Å². The van der Waals surface area contributed by atoms with Crippen molar-refractivity contribution in [1.82, 2.24) is 0 Å². The number of hydrogen-bond acceptors (Lipinski definition) is 5. The van der Waals surface area contributed by atoms with Gasteiger partial charge in [0.15, 0.2) is 0 Å². The molecule has 3 fully saturated rings. The quantitative estimate of drug-likeness (QED) is 0.228. The molecule has 4 aliphatic rings. The highest BCUT2D eigenvalue weighted by molar-refractivity contribution is 5.75. The summed E-state index contributed by atoms with van der Waals surface area (Å²) in [6.45, 7) is 21.5. The lowest BCUT2D eigenvalue weighted by Gasteiger charge is -2.58. The van der Waals surface area contributed by atoms with Crippen LogP contribution in [0.25, 0.3) is 0 Å². The number of rotatable bonds is 8. The second-order valence-corrected chi connectivity index (χ2v) is 17.5. The molecule has 5 nitrogen and oxygen atoms in total. The van der Waals surface area contributed by atoms with E-state index in [2.05, 4.69) is 33.8 Å². The summed E-state index contributed by atoms with van der Waals surface area (Å²) < 4.78 is 11.5. The van der Waals surface area contributed by atoms with Crippen LogP contribution >= 0.6 is 0 Å². The van der Waals surface area contributed by atoms with Crippen LogP contribution in [0.4, 0.5) is 0 Å². The van der Waals surface area contributed by atoms with Crippen LogP contribution in [0.1, 0.15) is 133 Å². The Labute approximate surface area is 257 Å². The summed E-state index contributed by atoms with van der Waals surface area (Å²) in [4.78, 5) is 24.7. The molecule has 240 valence electrons. The van der Waals surface area contributed by atoms with E-state index in [0.29, 0.717) is 42.1 Å². The molecule has 0 aromatic rings. The summed E-state index contributed by atoms with van der Waals surface area (Å²) in [5.74, 6) is 2.84. The third-order valence-electron chi connectivity index (χ3n) is 12.1. The zero-order valence-electron chi connectivity index (χ0n) is 28.6. The van der Waals surface area contributed by atoms with Crippen LogP contribution in [0.15, 0.2) is 11.6 Å². The Kier molecular flexibility index (Phi) is 9.74. The third kappa shape index (κ3) is 6.66. The third-order valence-corrected chi connectivity index (χ3v) is 12.1. The summed E-state index contributed by atoms with van der Waals surface area (Å²) in [6, 6.07) is 0. The van der Waals surface area contributed by atoms with Gasteiger partial charge in [-0.1, -0.05) is 52.2 Å². The minimum absolute atomic E-state index is 0.00764. The van der Waals surface area contributed by atoms with E-state index in [0.717, 1.165) is 51.4 Å². The van der Waals surface area contributed by atoms with Gasteiger partial charge in [-0.05, 0) is 133 Å². The molecule has 0 amide bonds. The van der Waals surface area contributed by atoms with Gasteiger partial charge in [0.1, 0.15) is 6.10 Å². The summed E-state index contributed by atoms with van der Waals surface area (Å²) in [6.07, 6.45) is 13.0. The van der Waals surface area contributed by atoms with E-state index in [1.165, 1.54) is 18.4 Å². The van der Waals surface area contributed by atoms with Gasteiger partial charge in [0.25, 0.3) is 0 Å². The number of aliphatic hydroxyl groups excluding tert-OH is 1. The molecule has 42 heavy (non-hydrogen) atoms. The van der Waals surface area contributed by atoms with Crippen LogP contribution in [0, 0.1) is 57.2 Å². The monoisotopic (exact) mass is 586 g/mol. The van der Waals surface area contributed by atoms with E-state index in [4.69, 9.17) is 9.47 Å². The molecule has 0 saturated heterocycles. The summed E-state index contributed by atoms with van der Waals surface area (Å²) in [7, 11) is 0. The second kappa shape index (κ2) is 12.2. The van der Waals surface area contributed by atoms with Gasteiger partial charge in [0.2, 0.25) is 0 Å². The SMILES string of the molecule is C[C@H](CCC[C@@H](C)[C@H]1[C@@H](O)C[C@H]2[C@@H]3CC=C4C[C@@H](OC(=O)C(C)(C)C)CC[C@]4(C)[C@H]3CC[C@]12C)COC(=O)C(C)(C)C. The molecule has 4 rings (SSSR count). The van der Waals surface area contributed by atoms with Gasteiger partial charge in [-0.15, -0.1) is 0 Å². The van der Waals surface area contributed by atoms with Crippen LogP contribution in [-0.2, 0) is 19.1 Å². The largest absolute Gasteiger partial charge is 0.465 e. The Morgan fingerprint density at radius 1 is 0.976 bits per heavy atom. The van der Waals surface area contributed by atoms with E-state index < -0.39 is 10.8 Å². The van der Waals surface area contributed by atoms with Crippen molar-refractivity contribution in [3.8, 4) is 0 Å². The highest BCUT2D eigenvalue weighted by atomic mass is 16.5. The van der Waals surface area contributed by atoms with Crippen LogP contribution in [0.5, 0.6) is 0 Å². The molecule has 0 radical (unpaired) electrons. The fourth-order valence-electron chi connectivity index (χ4n) is 9.62. The Hall–Kier alpha value is -1.36. The molecule has 5 heteroatoms. The van der Waals surface area contributed by atoms with E-state index >= 15 is 0 Å². The number of hydrogen-bond donors (Lipinski definition) is 1. The molecule has 0 unspecified atom stereocenters. The standard InChI is InChI=1S/C37H62O5/c1-23(22-41-32(39)34(3,4)5)12-11-13-24(2)31-30(38)21-29-27-15-14-25-20-26(42-33(40)35(6,7)8)16-18-36(25,9)28(27)17-19-37(29,31)10/h14,23-24,26-31,38H,11-13,15-22H2,1-10H3/t23-,24-,26+,27-,28+,29+,30+,31+,36+,37+/m1/s1. The van der Waals surface area contributed by atoms with Crippen molar-refractivity contribution < 1.29 is 24.2 Å². The number of carbonyl (C=O) groups is 2. The number of allylic oxidation sites excluding steroid dienone is 1. The highest BCUT2D eigenvalue weighted by Gasteiger charge is 2.61. The van der Waals surface area contributed by atoms with Crippen LogP contribution in [-0.4, -0.2) is 35.9 Å². The summed E-state index contributed by atoms with van der Waals surface area (Å²) in [5, 5.41) is 11.5. The minimum atomic E-state index is -0.462. The average Bonchev–Trinajstić information content (AvgIpc) is 3.16. The molecular formula is C37H62O5. The van der Waals surface area contributed by atoms with E-state index in [-0.39, 0.29) is 35.0 Å². The first-order chi connectivity index (χ1) is 19.4. The normalized spacial score (nSPS) is 37.9. The first-order valence-electron chi connectivity index (χ1n) is 17.1. The molecule has 0 aromatic carbocycles. The Balaban J connectivity index is 1.36. The van der Waals surface area contributed by atoms with Gasteiger partial charge >= 0.3 is 11.9 Å². The maximum absolute atomic E-state index is 12.6. The van der Waals surface area contributed by atoms with E-state index in [1.54, 1.807) is 0 Å². The summed E-state index contributed by atoms with van der Waals surface area (Å²) in [5.41, 5.74) is 0.990. The Bertz CT molecular complexity index is 1020. The Morgan fingerprint density at radius 2 is 1.64 bits per heavy atom. The summed E-state index contributed by atoms with van der Waals surface area (Å²) >= 11 is 0. The topological polar surface area (TPSA) is 72.8 Å². The van der Waals surface area contributed by atoms with Gasteiger partial charge < -0.3 is 14.6 Å². The number of ether oxygens (including phenoxy) is 2. The molecule has 4 aliphatic carbocycles. The second-order valence-electron chi connectivity index (χ2n) is 17.5. The maximum Gasteiger partial charge on any atom is 0.311 e. The molecule has 3 saturated carbocycles. The van der Waals surface area contributed by atoms with Gasteiger partial charge in [-0.25, -0.2) is 0 Å². The van der Waals surface area contributed by atoms with Crippen molar-refractivity contribution in [2.75, 3.05) is 6.61 Å². The molecule has 0 heterocycles. The molecular weight excluding hydrogens is 524 g/mol. The van der Waals surface area contributed by atoms with Crippen LogP contribution < -0.4 is 0 Å². The van der Waals surface area contributed by atoms with E-state index in [9.17, 15) is 14.7 Å². The number of carbonyl (C=O) groups excluding carboxylic acids is 2. The predicted molar refractivity (Wildman–Crippen MR) is 169 cm³/mol. The zero-order valence-corrected chi connectivity index (χ0v) is 28.6. The lowest BCUT2D eigenvalue weighted by Crippen LogP contribution is -2.51. The lowest BCUT2D eigenvalue weighted by molar-refractivity contribution is -0.161. The van der Waals surface area contributed by atoms with Crippen molar-refractivity contribution in [3.05, 3.63) is 11.6 Å². The van der Waals surface area contributed by atoms with Crippen molar-refractivity contribution >= 4 is 11.9 Å². The molecule has 0 spiro atoms. The fourth-order valence-corrected chi connectivity index (χ4v) is 9.62. The molecule has 0 bridgehead atoms. The number of aliphatic hydroxyl groups is 1. The fraction of sp³-hybridized carbons (Fsp3) is 0.892. The Morgan fingerprint density at radius 3 is 2.29 bits per heavy atom. The van der Waals surface area contributed by atoms with Crippen molar-refractivity contribution in [3.63, 3.8) is 0 Å². The van der Waals surface area contributed by atoms with Crippen molar-refractivity contribution in [2.45, 2.75) is 146 Å². The van der Waals surface area contributed by atoms with Gasteiger partial charge in [-0.3, -0.25) is 9.59 Å². The van der Waals surface area contributed by atoms with E-state index in [1.807, 2.05) is 41.5 Å². The first kappa shape index (κ1) is 33.5. The average molecular weight is 587 g/mol. The molecule has 0 aromatic heterocycles. The van der Waals surface area contributed by atoms with Crippen LogP contribution in [0.2, 0.25) is 0 Å². The molecule has 10 atom stereocenters. The maximum atomic E-state index is 12.6. The molecule has 1 N–H and O–H groups in total. The minimum Gasteiger partial charge on any atom is -0.465 e. The number of fused-ring (bicyclic) bond motifs is 5. The van der Waals surface area contributed by atoms with Gasteiger partial charge in [-0.2, -0.15) is 0 Å². The molecule has 0 aliphatic heterocycles. The predicted octanol–water partition coefficient (Wildman–Crippen LogP) is 8.53. The number of esters is 2. The van der Waals surface area contributed by atoms with Crippen LogP contribution in [0.3, 0.4) is 0 Å². The highest BCUT2D eigenvalue weighted by Crippen LogP contribution is 2.67.